The highest BCUT2D eigenvalue weighted by Crippen LogP contribution is 2.29. The van der Waals surface area contributed by atoms with E-state index in [0.717, 1.165) is 15.4 Å². The van der Waals surface area contributed by atoms with Crippen molar-refractivity contribution in [1.29, 1.82) is 0 Å². The molecule has 4 aromatic rings. The van der Waals surface area contributed by atoms with Gasteiger partial charge in [-0.2, -0.15) is 0 Å². The molecular formula is C22H16BrClN2O3. The lowest BCUT2D eigenvalue weighted by atomic mass is 10.2. The van der Waals surface area contributed by atoms with Crippen molar-refractivity contribution in [3.63, 3.8) is 0 Å². The van der Waals surface area contributed by atoms with Crippen molar-refractivity contribution >= 4 is 50.0 Å². The Morgan fingerprint density at radius 3 is 2.90 bits per heavy atom. The Morgan fingerprint density at radius 2 is 2.07 bits per heavy atom. The number of carbonyl (C=O) groups excluding carboxylic acids is 1. The molecule has 5 nitrogen and oxygen atoms in total. The van der Waals surface area contributed by atoms with Crippen LogP contribution in [0.15, 0.2) is 69.7 Å². The first-order valence-electron chi connectivity index (χ1n) is 8.83. The van der Waals surface area contributed by atoms with Gasteiger partial charge in [0, 0.05) is 21.1 Å². The van der Waals surface area contributed by atoms with Gasteiger partial charge in [0.25, 0.3) is 5.91 Å². The van der Waals surface area contributed by atoms with E-state index >= 15 is 0 Å². The Kier molecular flexibility index (Phi) is 5.56. The maximum atomic E-state index is 12.6. The zero-order valence-corrected chi connectivity index (χ0v) is 17.8. The number of nitrogens with one attached hydrogen (secondary N) is 1. The van der Waals surface area contributed by atoms with E-state index in [0.29, 0.717) is 27.7 Å². The second-order valence-corrected chi connectivity index (χ2v) is 7.70. The molecule has 0 fully saturated rings. The molecule has 29 heavy (non-hydrogen) atoms. The minimum atomic E-state index is -0.354. The molecule has 4 rings (SSSR count). The Bertz CT molecular complexity index is 1210. The highest BCUT2D eigenvalue weighted by atomic mass is 79.9. The van der Waals surface area contributed by atoms with E-state index in [1.165, 1.54) is 0 Å². The number of halogens is 2. The Morgan fingerprint density at radius 1 is 1.21 bits per heavy atom. The van der Waals surface area contributed by atoms with Crippen LogP contribution in [-0.2, 0) is 6.61 Å². The Labute approximate surface area is 180 Å². The number of rotatable bonds is 5. The summed E-state index contributed by atoms with van der Waals surface area (Å²) in [4.78, 5) is 17.0. The molecule has 0 aliphatic rings. The van der Waals surface area contributed by atoms with Gasteiger partial charge in [-0.25, -0.2) is 0 Å². The van der Waals surface area contributed by atoms with E-state index < -0.39 is 0 Å². The molecule has 2 heterocycles. The van der Waals surface area contributed by atoms with Crippen LogP contribution in [0, 0.1) is 6.92 Å². The summed E-state index contributed by atoms with van der Waals surface area (Å²) >= 11 is 9.46. The third-order valence-electron chi connectivity index (χ3n) is 4.36. The normalized spacial score (nSPS) is 10.9. The number of aryl methyl sites for hydroxylation is 1. The van der Waals surface area contributed by atoms with Gasteiger partial charge in [0.2, 0.25) is 0 Å². The quantitative estimate of drug-likeness (QED) is 0.367. The predicted octanol–water partition coefficient (Wildman–Crippen LogP) is 6.38. The van der Waals surface area contributed by atoms with E-state index in [1.807, 2.05) is 31.2 Å². The summed E-state index contributed by atoms with van der Waals surface area (Å²) in [6.07, 6.45) is 1.69. The van der Waals surface area contributed by atoms with Gasteiger partial charge >= 0.3 is 0 Å². The molecule has 0 saturated carbocycles. The number of amides is 1. The maximum absolute atomic E-state index is 12.6. The van der Waals surface area contributed by atoms with Gasteiger partial charge in [0.15, 0.2) is 5.76 Å². The van der Waals surface area contributed by atoms with Gasteiger partial charge < -0.3 is 14.5 Å². The Hall–Kier alpha value is -2.83. The van der Waals surface area contributed by atoms with Crippen molar-refractivity contribution in [2.45, 2.75) is 13.5 Å². The van der Waals surface area contributed by atoms with E-state index in [2.05, 4.69) is 26.2 Å². The van der Waals surface area contributed by atoms with Crippen molar-refractivity contribution in [1.82, 2.24) is 4.98 Å². The summed E-state index contributed by atoms with van der Waals surface area (Å²) in [6, 6.07) is 16.2. The number of anilines is 1. The first-order chi connectivity index (χ1) is 14.0. The second-order valence-electron chi connectivity index (χ2n) is 6.41. The molecule has 0 saturated heterocycles. The molecule has 0 unspecified atom stereocenters. The smallest absolute Gasteiger partial charge is 0.291 e. The van der Waals surface area contributed by atoms with Crippen LogP contribution in [0.3, 0.4) is 0 Å². The van der Waals surface area contributed by atoms with Gasteiger partial charge in [-0.1, -0.05) is 33.6 Å². The van der Waals surface area contributed by atoms with Crippen LogP contribution in [0.25, 0.3) is 10.9 Å². The predicted molar refractivity (Wildman–Crippen MR) is 117 cm³/mol. The molecule has 0 spiro atoms. The highest BCUT2D eigenvalue weighted by molar-refractivity contribution is 9.10. The van der Waals surface area contributed by atoms with Crippen molar-refractivity contribution in [3.8, 4) is 5.75 Å². The van der Waals surface area contributed by atoms with Crippen LogP contribution in [0.1, 0.15) is 21.9 Å². The molecule has 0 radical (unpaired) electrons. The van der Waals surface area contributed by atoms with Gasteiger partial charge in [0.05, 0.1) is 11.2 Å². The fourth-order valence-corrected chi connectivity index (χ4v) is 3.60. The van der Waals surface area contributed by atoms with E-state index in [1.54, 1.807) is 36.5 Å². The van der Waals surface area contributed by atoms with Crippen molar-refractivity contribution in [2.75, 3.05) is 5.32 Å². The summed E-state index contributed by atoms with van der Waals surface area (Å²) in [6.45, 7) is 2.12. The van der Waals surface area contributed by atoms with Crippen LogP contribution >= 0.6 is 27.5 Å². The lowest BCUT2D eigenvalue weighted by Crippen LogP contribution is -2.11. The average molecular weight is 472 g/mol. The van der Waals surface area contributed by atoms with Crippen LogP contribution in [0.5, 0.6) is 5.75 Å². The van der Waals surface area contributed by atoms with Crippen LogP contribution < -0.4 is 10.1 Å². The lowest BCUT2D eigenvalue weighted by molar-refractivity contribution is 0.0992. The molecule has 7 heteroatoms. The maximum Gasteiger partial charge on any atom is 0.291 e. The number of pyridine rings is 1. The molecule has 0 aliphatic carbocycles. The fourth-order valence-electron chi connectivity index (χ4n) is 2.92. The minimum Gasteiger partial charge on any atom is -0.485 e. The molecule has 1 N–H and O–H groups in total. The van der Waals surface area contributed by atoms with E-state index in [9.17, 15) is 4.79 Å². The topological polar surface area (TPSA) is 64.4 Å². The number of furan rings is 1. The van der Waals surface area contributed by atoms with Crippen LogP contribution in [0.4, 0.5) is 5.69 Å². The molecule has 0 atom stereocenters. The van der Waals surface area contributed by atoms with Crippen LogP contribution in [0.2, 0.25) is 5.02 Å². The largest absolute Gasteiger partial charge is 0.485 e. The number of fused-ring (bicyclic) bond motifs is 1. The summed E-state index contributed by atoms with van der Waals surface area (Å²) in [5.41, 5.74) is 2.24. The van der Waals surface area contributed by atoms with Gasteiger partial charge in [-0.05, 0) is 61.0 Å². The Balaban J connectivity index is 1.47. The number of aromatic nitrogens is 1. The minimum absolute atomic E-state index is 0.198. The molecule has 1 amide bonds. The zero-order valence-electron chi connectivity index (χ0n) is 15.4. The highest BCUT2D eigenvalue weighted by Gasteiger charge is 2.15. The molecule has 2 aromatic carbocycles. The fraction of sp³-hybridized carbons (Fsp3) is 0.0909. The van der Waals surface area contributed by atoms with Gasteiger partial charge in [-0.3, -0.25) is 9.78 Å². The average Bonchev–Trinajstić information content (AvgIpc) is 3.19. The molecule has 146 valence electrons. The lowest BCUT2D eigenvalue weighted by Gasteiger charge is -2.08. The summed E-state index contributed by atoms with van der Waals surface area (Å²) in [5, 5.41) is 4.43. The zero-order chi connectivity index (χ0) is 20.4. The summed E-state index contributed by atoms with van der Waals surface area (Å²) < 4.78 is 12.3. The number of ether oxygens (including phenoxy) is 1. The third-order valence-corrected chi connectivity index (χ3v) is 5.28. The number of nitrogens with zero attached hydrogens (tertiary/aromatic N) is 1. The van der Waals surface area contributed by atoms with Crippen molar-refractivity contribution in [3.05, 3.63) is 87.4 Å². The SMILES string of the molecule is Cc1cc(Cl)ccc1OCc1ccc(C(=O)Nc2ccc(Br)c3cccnc23)o1. The van der Waals surface area contributed by atoms with E-state index in [4.69, 9.17) is 20.8 Å². The number of hydrogen-bond donors (Lipinski definition) is 1. The number of carbonyl (C=O) groups is 1. The molecule has 0 aliphatic heterocycles. The molecule has 0 bridgehead atoms. The third kappa shape index (κ3) is 4.28. The van der Waals surface area contributed by atoms with Crippen LogP contribution in [-0.4, -0.2) is 10.9 Å². The van der Waals surface area contributed by atoms with Gasteiger partial charge in [-0.15, -0.1) is 0 Å². The summed E-state index contributed by atoms with van der Waals surface area (Å²) in [5.74, 6) is 1.10. The first kappa shape index (κ1) is 19.5. The monoisotopic (exact) mass is 470 g/mol. The molecular weight excluding hydrogens is 456 g/mol. The first-order valence-corrected chi connectivity index (χ1v) is 10.0. The second kappa shape index (κ2) is 8.27. The summed E-state index contributed by atoms with van der Waals surface area (Å²) in [7, 11) is 0. The van der Waals surface area contributed by atoms with Crippen molar-refractivity contribution < 1.29 is 13.9 Å². The van der Waals surface area contributed by atoms with Crippen molar-refractivity contribution in [2.24, 2.45) is 0 Å². The number of hydrogen-bond acceptors (Lipinski definition) is 4. The molecule has 2 aromatic heterocycles. The number of benzene rings is 2. The van der Waals surface area contributed by atoms with E-state index in [-0.39, 0.29) is 18.3 Å². The van der Waals surface area contributed by atoms with Gasteiger partial charge in [0.1, 0.15) is 18.1 Å². The standard InChI is InChI=1S/C22H16BrClN2O3/c1-13-11-14(24)4-8-19(13)28-12-15-5-9-20(29-15)22(27)26-18-7-6-17(23)16-3-2-10-25-21(16)18/h2-11H,12H2,1H3,(H,26,27).